The monoisotopic (exact) mass is 266 g/mol. The summed E-state index contributed by atoms with van der Waals surface area (Å²) in [5.41, 5.74) is 0. The first-order valence-corrected chi connectivity index (χ1v) is 5.64. The lowest BCUT2D eigenvalue weighted by Gasteiger charge is -2.12. The highest BCUT2D eigenvalue weighted by atomic mass is 16.6. The Balaban J connectivity index is 3.16. The molecule has 0 fully saturated rings. The lowest BCUT2D eigenvalue weighted by Crippen LogP contribution is -2.11. The number of hydrogen-bond donors (Lipinski definition) is 0. The van der Waals surface area contributed by atoms with Crippen LogP contribution >= 0.6 is 0 Å². The number of esters is 3. The van der Waals surface area contributed by atoms with Gasteiger partial charge in [0.2, 0.25) is 5.75 Å². The zero-order valence-corrected chi connectivity index (χ0v) is 10.9. The molecule has 0 saturated heterocycles. The van der Waals surface area contributed by atoms with Crippen molar-refractivity contribution in [3.05, 3.63) is 18.2 Å². The number of rotatable bonds is 4. The number of hydrogen-bond acceptors (Lipinski definition) is 6. The summed E-state index contributed by atoms with van der Waals surface area (Å²) in [6.07, 6.45) is 0.164. The van der Waals surface area contributed by atoms with E-state index in [0.717, 1.165) is 0 Å². The van der Waals surface area contributed by atoms with Crippen LogP contribution in [0.2, 0.25) is 0 Å². The predicted octanol–water partition coefficient (Wildman–Crippen LogP) is 1.85. The second-order valence-electron chi connectivity index (χ2n) is 3.60. The molecule has 0 unspecified atom stereocenters. The highest BCUT2D eigenvalue weighted by Crippen LogP contribution is 2.37. The van der Waals surface area contributed by atoms with Crippen LogP contribution in [0.1, 0.15) is 27.2 Å². The van der Waals surface area contributed by atoms with Gasteiger partial charge in [-0.15, -0.1) is 0 Å². The van der Waals surface area contributed by atoms with E-state index in [1.165, 1.54) is 32.0 Å². The smallest absolute Gasteiger partial charge is 0.311 e. The van der Waals surface area contributed by atoms with Crippen LogP contribution in [0.3, 0.4) is 0 Å². The molecule has 0 bridgehead atoms. The fourth-order valence-corrected chi connectivity index (χ4v) is 1.25. The van der Waals surface area contributed by atoms with E-state index in [1.54, 1.807) is 6.92 Å². The summed E-state index contributed by atoms with van der Waals surface area (Å²) in [7, 11) is 0. The Labute approximate surface area is 110 Å². The maximum atomic E-state index is 11.3. The van der Waals surface area contributed by atoms with Gasteiger partial charge in [0.15, 0.2) is 11.5 Å². The normalized spacial score (nSPS) is 9.63. The molecule has 0 saturated carbocycles. The minimum atomic E-state index is -0.617. The molecule has 0 spiro atoms. The zero-order chi connectivity index (χ0) is 14.4. The lowest BCUT2D eigenvalue weighted by atomic mass is 10.3. The van der Waals surface area contributed by atoms with Crippen LogP contribution in [-0.2, 0) is 14.4 Å². The zero-order valence-electron chi connectivity index (χ0n) is 10.9. The number of carbonyl (C=O) groups excluding carboxylic acids is 3. The summed E-state index contributed by atoms with van der Waals surface area (Å²) in [5, 5.41) is 0. The van der Waals surface area contributed by atoms with E-state index in [9.17, 15) is 14.4 Å². The molecule has 1 aromatic rings. The minimum Gasteiger partial charge on any atom is -0.423 e. The van der Waals surface area contributed by atoms with Crippen molar-refractivity contribution >= 4 is 17.9 Å². The standard InChI is InChI=1S/C13H14O6/c1-4-12(16)19-11-7-5-6-10(17-8(2)14)13(11)18-9(3)15/h5-7H,4H2,1-3H3. The molecular weight excluding hydrogens is 252 g/mol. The van der Waals surface area contributed by atoms with Gasteiger partial charge in [0.25, 0.3) is 0 Å². The van der Waals surface area contributed by atoms with Gasteiger partial charge in [-0.2, -0.15) is 0 Å². The second kappa shape index (κ2) is 6.53. The van der Waals surface area contributed by atoms with Gasteiger partial charge in [0, 0.05) is 20.3 Å². The summed E-state index contributed by atoms with van der Waals surface area (Å²) < 4.78 is 14.8. The number of ether oxygens (including phenoxy) is 3. The number of benzene rings is 1. The van der Waals surface area contributed by atoms with Gasteiger partial charge >= 0.3 is 17.9 Å². The number of carbonyl (C=O) groups is 3. The van der Waals surface area contributed by atoms with E-state index in [0.29, 0.717) is 0 Å². The van der Waals surface area contributed by atoms with Crippen LogP contribution in [0.4, 0.5) is 0 Å². The SMILES string of the molecule is CCC(=O)Oc1cccc(OC(C)=O)c1OC(C)=O. The summed E-state index contributed by atoms with van der Waals surface area (Å²) in [6, 6.07) is 4.39. The number of para-hydroxylation sites is 1. The molecule has 0 aliphatic rings. The van der Waals surface area contributed by atoms with Crippen LogP contribution in [0.25, 0.3) is 0 Å². The molecule has 0 atom stereocenters. The van der Waals surface area contributed by atoms with Crippen molar-refractivity contribution < 1.29 is 28.6 Å². The van der Waals surface area contributed by atoms with E-state index in [4.69, 9.17) is 14.2 Å². The third kappa shape index (κ3) is 4.42. The fraction of sp³-hybridized carbons (Fsp3) is 0.308. The van der Waals surface area contributed by atoms with Gasteiger partial charge in [0.05, 0.1) is 0 Å². The molecule has 1 rings (SSSR count). The topological polar surface area (TPSA) is 78.9 Å². The van der Waals surface area contributed by atoms with Gasteiger partial charge in [-0.1, -0.05) is 13.0 Å². The fourth-order valence-electron chi connectivity index (χ4n) is 1.25. The molecule has 6 heteroatoms. The second-order valence-corrected chi connectivity index (χ2v) is 3.60. The Kier molecular flexibility index (Phi) is 5.05. The summed E-state index contributed by atoms with van der Waals surface area (Å²) in [5.74, 6) is -1.73. The van der Waals surface area contributed by atoms with Gasteiger partial charge < -0.3 is 14.2 Å². The molecule has 0 amide bonds. The Hall–Kier alpha value is -2.37. The van der Waals surface area contributed by atoms with Gasteiger partial charge in [-0.3, -0.25) is 14.4 Å². The van der Waals surface area contributed by atoms with Crippen molar-refractivity contribution in [2.75, 3.05) is 0 Å². The molecule has 0 radical (unpaired) electrons. The maximum Gasteiger partial charge on any atom is 0.311 e. The largest absolute Gasteiger partial charge is 0.423 e. The van der Waals surface area contributed by atoms with E-state index >= 15 is 0 Å². The lowest BCUT2D eigenvalue weighted by molar-refractivity contribution is -0.136. The van der Waals surface area contributed by atoms with Crippen molar-refractivity contribution in [1.29, 1.82) is 0 Å². The average molecular weight is 266 g/mol. The van der Waals surface area contributed by atoms with E-state index in [-0.39, 0.29) is 23.7 Å². The van der Waals surface area contributed by atoms with E-state index in [2.05, 4.69) is 0 Å². The van der Waals surface area contributed by atoms with Crippen molar-refractivity contribution in [3.8, 4) is 17.2 Å². The molecular formula is C13H14O6. The first kappa shape index (κ1) is 14.7. The summed E-state index contributed by atoms with van der Waals surface area (Å²) in [4.78, 5) is 33.3. The van der Waals surface area contributed by atoms with E-state index < -0.39 is 17.9 Å². The van der Waals surface area contributed by atoms with E-state index in [1.807, 2.05) is 0 Å². The molecule has 0 heterocycles. The van der Waals surface area contributed by atoms with Gasteiger partial charge in [-0.25, -0.2) is 0 Å². The van der Waals surface area contributed by atoms with Crippen molar-refractivity contribution in [2.45, 2.75) is 27.2 Å². The third-order valence-electron chi connectivity index (χ3n) is 1.95. The maximum absolute atomic E-state index is 11.3. The molecule has 0 N–H and O–H groups in total. The Morgan fingerprint density at radius 1 is 0.947 bits per heavy atom. The minimum absolute atomic E-state index is 0.0177. The van der Waals surface area contributed by atoms with Gasteiger partial charge in [0.1, 0.15) is 0 Å². The average Bonchev–Trinajstić information content (AvgIpc) is 2.31. The molecule has 1 aromatic carbocycles. The highest BCUT2D eigenvalue weighted by Gasteiger charge is 2.18. The third-order valence-corrected chi connectivity index (χ3v) is 1.95. The molecule has 0 aliphatic carbocycles. The van der Waals surface area contributed by atoms with Crippen molar-refractivity contribution in [2.24, 2.45) is 0 Å². The van der Waals surface area contributed by atoms with Crippen LogP contribution in [-0.4, -0.2) is 17.9 Å². The quantitative estimate of drug-likeness (QED) is 0.611. The molecule has 102 valence electrons. The summed E-state index contributed by atoms with van der Waals surface area (Å²) >= 11 is 0. The van der Waals surface area contributed by atoms with Crippen LogP contribution < -0.4 is 14.2 Å². The summed E-state index contributed by atoms with van der Waals surface area (Å²) in [6.45, 7) is 4.03. The predicted molar refractivity (Wildman–Crippen MR) is 65.0 cm³/mol. The van der Waals surface area contributed by atoms with Crippen molar-refractivity contribution in [1.82, 2.24) is 0 Å². The van der Waals surface area contributed by atoms with Crippen LogP contribution in [0.5, 0.6) is 17.2 Å². The Morgan fingerprint density at radius 3 is 1.95 bits per heavy atom. The molecule has 0 aromatic heterocycles. The first-order valence-electron chi connectivity index (χ1n) is 5.64. The van der Waals surface area contributed by atoms with Crippen LogP contribution in [0, 0.1) is 0 Å². The molecule has 0 aliphatic heterocycles. The first-order chi connectivity index (χ1) is 8.93. The van der Waals surface area contributed by atoms with Gasteiger partial charge in [-0.05, 0) is 12.1 Å². The Morgan fingerprint density at radius 2 is 1.47 bits per heavy atom. The van der Waals surface area contributed by atoms with Crippen LogP contribution in [0.15, 0.2) is 18.2 Å². The Bertz CT molecular complexity index is 506. The molecule has 6 nitrogen and oxygen atoms in total. The highest BCUT2D eigenvalue weighted by molar-refractivity contribution is 5.78. The molecule has 19 heavy (non-hydrogen) atoms. The van der Waals surface area contributed by atoms with Crippen molar-refractivity contribution in [3.63, 3.8) is 0 Å².